The first kappa shape index (κ1) is 12.1. The van der Waals surface area contributed by atoms with E-state index < -0.39 is 0 Å². The molecular weight excluding hydrogens is 252 g/mol. The SMILES string of the molecule is Cc1nnc(-n2ncc3ccc(N)cc32)c(C#N)c1C. The average molecular weight is 264 g/mol. The Labute approximate surface area is 115 Å². The quantitative estimate of drug-likeness (QED) is 0.677. The Morgan fingerprint density at radius 2 is 2.05 bits per heavy atom. The molecule has 0 amide bonds. The molecule has 0 bridgehead atoms. The molecule has 2 N–H and O–H groups in total. The summed E-state index contributed by atoms with van der Waals surface area (Å²) in [5.74, 6) is 0.427. The van der Waals surface area contributed by atoms with Crippen LogP contribution in [-0.2, 0) is 0 Å². The van der Waals surface area contributed by atoms with Crippen LogP contribution in [0.3, 0.4) is 0 Å². The molecule has 0 atom stereocenters. The Morgan fingerprint density at radius 3 is 2.80 bits per heavy atom. The number of nitriles is 1. The predicted octanol–water partition coefficient (Wildman–Crippen LogP) is 1.89. The van der Waals surface area contributed by atoms with Crippen molar-refractivity contribution in [1.29, 1.82) is 5.26 Å². The van der Waals surface area contributed by atoms with Gasteiger partial charge in [0.25, 0.3) is 0 Å². The lowest BCUT2D eigenvalue weighted by Crippen LogP contribution is -2.08. The van der Waals surface area contributed by atoms with Crippen molar-refractivity contribution >= 4 is 16.6 Å². The highest BCUT2D eigenvalue weighted by atomic mass is 15.3. The fourth-order valence-corrected chi connectivity index (χ4v) is 2.08. The molecule has 98 valence electrons. The number of nitrogen functional groups attached to an aromatic ring is 1. The minimum Gasteiger partial charge on any atom is -0.399 e. The molecule has 3 rings (SSSR count). The van der Waals surface area contributed by atoms with Crippen molar-refractivity contribution in [2.45, 2.75) is 13.8 Å². The molecule has 0 aliphatic heterocycles. The van der Waals surface area contributed by atoms with Crippen LogP contribution in [0.2, 0.25) is 0 Å². The first-order chi connectivity index (χ1) is 9.61. The fraction of sp³-hybridized carbons (Fsp3) is 0.143. The maximum atomic E-state index is 9.37. The van der Waals surface area contributed by atoms with Crippen molar-refractivity contribution < 1.29 is 0 Å². The van der Waals surface area contributed by atoms with Crippen molar-refractivity contribution in [3.8, 4) is 11.9 Å². The molecule has 0 unspecified atom stereocenters. The van der Waals surface area contributed by atoms with Gasteiger partial charge in [0.05, 0.1) is 17.4 Å². The summed E-state index contributed by atoms with van der Waals surface area (Å²) in [5, 5.41) is 22.8. The molecule has 2 aromatic heterocycles. The Morgan fingerprint density at radius 1 is 1.25 bits per heavy atom. The topological polar surface area (TPSA) is 93.4 Å². The molecule has 6 heteroatoms. The summed E-state index contributed by atoms with van der Waals surface area (Å²) in [6, 6.07) is 7.68. The van der Waals surface area contributed by atoms with Gasteiger partial charge >= 0.3 is 0 Å². The van der Waals surface area contributed by atoms with Gasteiger partial charge in [-0.25, -0.2) is 4.68 Å². The lowest BCUT2D eigenvalue weighted by atomic mass is 10.1. The number of anilines is 1. The molecule has 0 spiro atoms. The fourth-order valence-electron chi connectivity index (χ4n) is 2.08. The van der Waals surface area contributed by atoms with Gasteiger partial charge in [-0.2, -0.15) is 15.5 Å². The minimum atomic E-state index is 0.427. The summed E-state index contributed by atoms with van der Waals surface area (Å²) in [4.78, 5) is 0. The smallest absolute Gasteiger partial charge is 0.194 e. The second-order valence-electron chi connectivity index (χ2n) is 4.60. The highest BCUT2D eigenvalue weighted by Gasteiger charge is 2.15. The third-order valence-electron chi connectivity index (χ3n) is 3.34. The van der Waals surface area contributed by atoms with Gasteiger partial charge in [0.2, 0.25) is 0 Å². The van der Waals surface area contributed by atoms with Crippen LogP contribution in [0, 0.1) is 25.2 Å². The Kier molecular flexibility index (Phi) is 2.61. The predicted molar refractivity (Wildman–Crippen MR) is 75.3 cm³/mol. The third-order valence-corrected chi connectivity index (χ3v) is 3.34. The van der Waals surface area contributed by atoms with Crippen molar-refractivity contribution in [3.63, 3.8) is 0 Å². The summed E-state index contributed by atoms with van der Waals surface area (Å²) < 4.78 is 1.60. The summed E-state index contributed by atoms with van der Waals surface area (Å²) in [6.45, 7) is 3.68. The first-order valence-corrected chi connectivity index (χ1v) is 6.09. The monoisotopic (exact) mass is 264 g/mol. The van der Waals surface area contributed by atoms with E-state index in [4.69, 9.17) is 5.73 Å². The second-order valence-corrected chi connectivity index (χ2v) is 4.60. The molecule has 6 nitrogen and oxygen atoms in total. The zero-order chi connectivity index (χ0) is 14.3. The van der Waals surface area contributed by atoms with E-state index in [0.29, 0.717) is 17.1 Å². The normalized spacial score (nSPS) is 10.7. The number of hydrogen-bond acceptors (Lipinski definition) is 5. The van der Waals surface area contributed by atoms with E-state index in [0.717, 1.165) is 22.2 Å². The molecule has 0 saturated heterocycles. The molecule has 0 aliphatic carbocycles. The van der Waals surface area contributed by atoms with Crippen molar-refractivity contribution in [3.05, 3.63) is 41.2 Å². The third kappa shape index (κ3) is 1.68. The van der Waals surface area contributed by atoms with E-state index in [9.17, 15) is 5.26 Å². The summed E-state index contributed by atoms with van der Waals surface area (Å²) in [6.07, 6.45) is 1.72. The number of rotatable bonds is 1. The van der Waals surface area contributed by atoms with E-state index >= 15 is 0 Å². The Hall–Kier alpha value is -2.94. The van der Waals surface area contributed by atoms with E-state index in [1.807, 2.05) is 26.0 Å². The molecular formula is C14H12N6. The Bertz CT molecular complexity index is 856. The summed E-state index contributed by atoms with van der Waals surface area (Å²) >= 11 is 0. The number of fused-ring (bicyclic) bond motifs is 1. The zero-order valence-corrected chi connectivity index (χ0v) is 11.1. The van der Waals surface area contributed by atoms with Crippen LogP contribution in [-0.4, -0.2) is 20.0 Å². The summed E-state index contributed by atoms with van der Waals surface area (Å²) in [5.41, 5.74) is 9.28. The number of nitrogens with two attached hydrogens (primary N) is 1. The van der Waals surface area contributed by atoms with Crippen molar-refractivity contribution in [2.24, 2.45) is 0 Å². The van der Waals surface area contributed by atoms with Crippen LogP contribution in [0.4, 0.5) is 5.69 Å². The van der Waals surface area contributed by atoms with Gasteiger partial charge in [0, 0.05) is 11.1 Å². The molecule has 3 aromatic rings. The van der Waals surface area contributed by atoms with Gasteiger partial charge in [-0.3, -0.25) is 0 Å². The lowest BCUT2D eigenvalue weighted by Gasteiger charge is -2.08. The minimum absolute atomic E-state index is 0.427. The molecule has 20 heavy (non-hydrogen) atoms. The standard InChI is InChI=1S/C14H12N6/c1-8-9(2)18-19-14(12(8)6-15)20-13-5-11(16)4-3-10(13)7-17-20/h3-5,7H,16H2,1-2H3. The maximum Gasteiger partial charge on any atom is 0.194 e. The first-order valence-electron chi connectivity index (χ1n) is 6.09. The van der Waals surface area contributed by atoms with E-state index in [-0.39, 0.29) is 0 Å². The van der Waals surface area contributed by atoms with Crippen molar-refractivity contribution in [2.75, 3.05) is 5.73 Å². The number of benzene rings is 1. The van der Waals surface area contributed by atoms with Gasteiger partial charge in [0.1, 0.15) is 11.6 Å². The van der Waals surface area contributed by atoms with Crippen molar-refractivity contribution in [1.82, 2.24) is 20.0 Å². The molecule has 0 aliphatic rings. The van der Waals surface area contributed by atoms with E-state index in [1.165, 1.54) is 0 Å². The van der Waals surface area contributed by atoms with Crippen LogP contribution in [0.25, 0.3) is 16.7 Å². The van der Waals surface area contributed by atoms with Crippen LogP contribution >= 0.6 is 0 Å². The molecule has 2 heterocycles. The van der Waals surface area contributed by atoms with Crippen LogP contribution in [0.1, 0.15) is 16.8 Å². The highest BCUT2D eigenvalue weighted by Crippen LogP contribution is 2.23. The Balaban J connectivity index is 2.35. The lowest BCUT2D eigenvalue weighted by molar-refractivity contribution is 0.816. The number of aryl methyl sites for hydroxylation is 1. The highest BCUT2D eigenvalue weighted by molar-refractivity contribution is 5.83. The van der Waals surface area contributed by atoms with Gasteiger partial charge in [-0.15, -0.1) is 5.10 Å². The van der Waals surface area contributed by atoms with E-state index in [1.54, 1.807) is 16.9 Å². The number of nitrogens with zero attached hydrogens (tertiary/aromatic N) is 5. The van der Waals surface area contributed by atoms with Gasteiger partial charge in [-0.05, 0) is 37.6 Å². The molecule has 1 aromatic carbocycles. The molecule has 0 fully saturated rings. The summed E-state index contributed by atoms with van der Waals surface area (Å²) in [7, 11) is 0. The second kappa shape index (κ2) is 4.31. The largest absolute Gasteiger partial charge is 0.399 e. The molecule has 0 saturated carbocycles. The van der Waals surface area contributed by atoms with Crippen LogP contribution in [0.5, 0.6) is 0 Å². The van der Waals surface area contributed by atoms with Crippen LogP contribution in [0.15, 0.2) is 24.4 Å². The molecule has 0 radical (unpaired) electrons. The average Bonchev–Trinajstić information content (AvgIpc) is 2.84. The van der Waals surface area contributed by atoms with Gasteiger partial charge < -0.3 is 5.73 Å². The maximum absolute atomic E-state index is 9.37. The zero-order valence-electron chi connectivity index (χ0n) is 11.1. The van der Waals surface area contributed by atoms with E-state index in [2.05, 4.69) is 21.4 Å². The van der Waals surface area contributed by atoms with Crippen LogP contribution < -0.4 is 5.73 Å². The number of aromatic nitrogens is 4. The van der Waals surface area contributed by atoms with Gasteiger partial charge in [-0.1, -0.05) is 0 Å². The number of hydrogen-bond donors (Lipinski definition) is 1. The van der Waals surface area contributed by atoms with Gasteiger partial charge in [0.15, 0.2) is 5.82 Å².